The predicted molar refractivity (Wildman–Crippen MR) is 102 cm³/mol. The molecule has 0 spiro atoms. The van der Waals surface area contributed by atoms with Gasteiger partial charge in [-0.25, -0.2) is 4.98 Å². The minimum atomic E-state index is -0.0371. The van der Waals surface area contributed by atoms with Crippen LogP contribution in [-0.2, 0) is 0 Å². The summed E-state index contributed by atoms with van der Waals surface area (Å²) >= 11 is 0. The van der Waals surface area contributed by atoms with Gasteiger partial charge in [0.25, 0.3) is 5.91 Å². The molecule has 144 valence electrons. The van der Waals surface area contributed by atoms with Crippen molar-refractivity contribution in [2.45, 2.75) is 0 Å². The number of hydrogen-bond acceptors (Lipinski definition) is 6. The Bertz CT molecular complexity index is 743. The van der Waals surface area contributed by atoms with Crippen LogP contribution in [0.4, 0.5) is 0 Å². The van der Waals surface area contributed by atoms with E-state index in [0.29, 0.717) is 31.1 Å². The Morgan fingerprint density at radius 2 is 1.74 bits per heavy atom. The van der Waals surface area contributed by atoms with Gasteiger partial charge >= 0.3 is 0 Å². The van der Waals surface area contributed by atoms with Crippen molar-refractivity contribution in [3.63, 3.8) is 0 Å². The summed E-state index contributed by atoms with van der Waals surface area (Å²) < 4.78 is 16.1. The van der Waals surface area contributed by atoms with E-state index in [-0.39, 0.29) is 5.91 Å². The minimum absolute atomic E-state index is 0.0371. The average molecular weight is 371 g/mol. The van der Waals surface area contributed by atoms with Gasteiger partial charge in [0.1, 0.15) is 29.5 Å². The topological polar surface area (TPSA) is 64.1 Å². The molecule has 7 heteroatoms. The van der Waals surface area contributed by atoms with E-state index in [1.807, 2.05) is 29.2 Å². The van der Waals surface area contributed by atoms with Gasteiger partial charge in [-0.15, -0.1) is 0 Å². The summed E-state index contributed by atoms with van der Waals surface area (Å²) in [5, 5.41) is 0. The summed E-state index contributed by atoms with van der Waals surface area (Å²) in [5.41, 5.74) is 0.450. The van der Waals surface area contributed by atoms with E-state index in [4.69, 9.17) is 14.2 Å². The predicted octanol–water partition coefficient (Wildman–Crippen LogP) is 1.94. The molecule has 1 amide bonds. The van der Waals surface area contributed by atoms with Gasteiger partial charge in [0.15, 0.2) is 0 Å². The van der Waals surface area contributed by atoms with Crippen molar-refractivity contribution >= 4 is 5.91 Å². The van der Waals surface area contributed by atoms with Crippen LogP contribution in [0.3, 0.4) is 0 Å². The molecular weight excluding hydrogens is 346 g/mol. The lowest BCUT2D eigenvalue weighted by Gasteiger charge is -2.34. The van der Waals surface area contributed by atoms with Gasteiger partial charge in [-0.3, -0.25) is 9.69 Å². The zero-order valence-electron chi connectivity index (χ0n) is 15.8. The third-order valence-corrected chi connectivity index (χ3v) is 4.57. The SMILES string of the molecule is COc1ccc(C(=O)N2CCN(CCOc3cccc(OC)c3)CC2)nc1. The van der Waals surface area contributed by atoms with Gasteiger partial charge in [-0.2, -0.15) is 0 Å². The fraction of sp³-hybridized carbons (Fsp3) is 0.400. The molecule has 3 rings (SSSR count). The van der Waals surface area contributed by atoms with Gasteiger partial charge in [0, 0.05) is 38.8 Å². The maximum Gasteiger partial charge on any atom is 0.272 e. The van der Waals surface area contributed by atoms with Crippen LogP contribution in [0.15, 0.2) is 42.6 Å². The van der Waals surface area contributed by atoms with Crippen molar-refractivity contribution in [3.8, 4) is 17.2 Å². The van der Waals surface area contributed by atoms with Crippen molar-refractivity contribution in [3.05, 3.63) is 48.3 Å². The summed E-state index contributed by atoms with van der Waals surface area (Å²) in [5.74, 6) is 2.19. The number of piperazine rings is 1. The lowest BCUT2D eigenvalue weighted by atomic mass is 10.2. The number of benzene rings is 1. The smallest absolute Gasteiger partial charge is 0.272 e. The lowest BCUT2D eigenvalue weighted by Crippen LogP contribution is -2.49. The monoisotopic (exact) mass is 371 g/mol. The van der Waals surface area contributed by atoms with Crippen LogP contribution in [0.5, 0.6) is 17.2 Å². The highest BCUT2D eigenvalue weighted by molar-refractivity contribution is 5.92. The largest absolute Gasteiger partial charge is 0.497 e. The van der Waals surface area contributed by atoms with Gasteiger partial charge in [-0.05, 0) is 24.3 Å². The molecule has 1 aromatic heterocycles. The summed E-state index contributed by atoms with van der Waals surface area (Å²) in [6, 6.07) is 11.0. The first kappa shape index (κ1) is 19.0. The molecule has 1 aliphatic heterocycles. The van der Waals surface area contributed by atoms with E-state index in [1.165, 1.54) is 0 Å². The first-order chi connectivity index (χ1) is 13.2. The van der Waals surface area contributed by atoms with Crippen LogP contribution in [-0.4, -0.2) is 74.2 Å². The van der Waals surface area contributed by atoms with Crippen molar-refractivity contribution < 1.29 is 19.0 Å². The van der Waals surface area contributed by atoms with Crippen molar-refractivity contribution in [1.29, 1.82) is 0 Å². The third kappa shape index (κ3) is 5.10. The van der Waals surface area contributed by atoms with Crippen molar-refractivity contribution in [1.82, 2.24) is 14.8 Å². The summed E-state index contributed by atoms with van der Waals surface area (Å²) in [6.07, 6.45) is 1.57. The Kier molecular flexibility index (Phi) is 6.49. The number of rotatable bonds is 7. The molecule has 0 aliphatic carbocycles. The van der Waals surface area contributed by atoms with E-state index in [1.54, 1.807) is 32.5 Å². The molecule has 0 unspecified atom stereocenters. The van der Waals surface area contributed by atoms with Crippen LogP contribution < -0.4 is 14.2 Å². The highest BCUT2D eigenvalue weighted by Gasteiger charge is 2.22. The standard InChI is InChI=1S/C20H25N3O4/c1-25-16-4-3-5-17(14-16)27-13-12-22-8-10-23(11-9-22)20(24)19-7-6-18(26-2)15-21-19/h3-7,14-15H,8-13H2,1-2H3. The van der Waals surface area contributed by atoms with Gasteiger partial charge in [-0.1, -0.05) is 6.07 Å². The quantitative estimate of drug-likeness (QED) is 0.741. The highest BCUT2D eigenvalue weighted by atomic mass is 16.5. The second-order valence-corrected chi connectivity index (χ2v) is 6.24. The van der Waals surface area contributed by atoms with Crippen molar-refractivity contribution in [2.75, 3.05) is 53.6 Å². The van der Waals surface area contributed by atoms with E-state index >= 15 is 0 Å². The zero-order chi connectivity index (χ0) is 19.1. The molecule has 1 aliphatic rings. The Labute approximate surface area is 159 Å². The molecule has 1 saturated heterocycles. The van der Waals surface area contributed by atoms with E-state index in [0.717, 1.165) is 31.1 Å². The Hall–Kier alpha value is -2.80. The van der Waals surface area contributed by atoms with Gasteiger partial charge in [0.2, 0.25) is 0 Å². The molecular formula is C20H25N3O4. The molecule has 2 heterocycles. The highest BCUT2D eigenvalue weighted by Crippen LogP contribution is 2.19. The molecule has 0 atom stereocenters. The van der Waals surface area contributed by atoms with E-state index in [2.05, 4.69) is 9.88 Å². The zero-order valence-corrected chi connectivity index (χ0v) is 15.8. The molecule has 7 nitrogen and oxygen atoms in total. The molecule has 0 saturated carbocycles. The maximum atomic E-state index is 12.5. The Balaban J connectivity index is 1.42. The van der Waals surface area contributed by atoms with Crippen LogP contribution >= 0.6 is 0 Å². The van der Waals surface area contributed by atoms with E-state index in [9.17, 15) is 4.79 Å². The van der Waals surface area contributed by atoms with Crippen molar-refractivity contribution in [2.24, 2.45) is 0 Å². The molecule has 0 N–H and O–H groups in total. The van der Waals surface area contributed by atoms with Crippen LogP contribution in [0.1, 0.15) is 10.5 Å². The fourth-order valence-corrected chi connectivity index (χ4v) is 2.95. The van der Waals surface area contributed by atoms with E-state index < -0.39 is 0 Å². The second kappa shape index (κ2) is 9.23. The first-order valence-corrected chi connectivity index (χ1v) is 8.98. The fourth-order valence-electron chi connectivity index (χ4n) is 2.95. The maximum absolute atomic E-state index is 12.5. The normalized spacial score (nSPS) is 14.7. The van der Waals surface area contributed by atoms with Crippen LogP contribution in [0.2, 0.25) is 0 Å². The molecule has 0 bridgehead atoms. The molecule has 27 heavy (non-hydrogen) atoms. The average Bonchev–Trinajstić information content (AvgIpc) is 2.74. The minimum Gasteiger partial charge on any atom is -0.497 e. The summed E-state index contributed by atoms with van der Waals surface area (Å²) in [7, 11) is 3.22. The second-order valence-electron chi connectivity index (χ2n) is 6.24. The molecule has 1 fully saturated rings. The Morgan fingerprint density at radius 3 is 2.41 bits per heavy atom. The van der Waals surface area contributed by atoms with Crippen LogP contribution in [0.25, 0.3) is 0 Å². The molecule has 0 radical (unpaired) electrons. The first-order valence-electron chi connectivity index (χ1n) is 8.98. The number of nitrogens with zero attached hydrogens (tertiary/aromatic N) is 3. The van der Waals surface area contributed by atoms with Gasteiger partial charge < -0.3 is 19.1 Å². The summed E-state index contributed by atoms with van der Waals surface area (Å²) in [6.45, 7) is 4.44. The number of ether oxygens (including phenoxy) is 3. The number of aromatic nitrogens is 1. The Morgan fingerprint density at radius 1 is 1.00 bits per heavy atom. The van der Waals surface area contributed by atoms with Gasteiger partial charge in [0.05, 0.1) is 20.4 Å². The number of amides is 1. The lowest BCUT2D eigenvalue weighted by molar-refractivity contribution is 0.0614. The molecule has 2 aromatic rings. The number of hydrogen-bond donors (Lipinski definition) is 0. The number of carbonyl (C=O) groups excluding carboxylic acids is 1. The summed E-state index contributed by atoms with van der Waals surface area (Å²) in [4.78, 5) is 20.9. The number of pyridine rings is 1. The number of methoxy groups -OCH3 is 2. The molecule has 1 aromatic carbocycles. The number of carbonyl (C=O) groups is 1. The van der Waals surface area contributed by atoms with Crippen LogP contribution in [0, 0.1) is 0 Å². The third-order valence-electron chi connectivity index (χ3n) is 4.57.